The summed E-state index contributed by atoms with van der Waals surface area (Å²) in [4.78, 5) is 12.0. The summed E-state index contributed by atoms with van der Waals surface area (Å²) >= 11 is 0. The molecule has 0 aromatic heterocycles. The predicted octanol–water partition coefficient (Wildman–Crippen LogP) is 2.04. The van der Waals surface area contributed by atoms with Crippen LogP contribution in [0.3, 0.4) is 0 Å². The smallest absolute Gasteiger partial charge is 0.224 e. The second-order valence-corrected chi connectivity index (χ2v) is 5.02. The minimum atomic E-state index is 0.0870. The van der Waals surface area contributed by atoms with Gasteiger partial charge < -0.3 is 10.6 Å². The maximum Gasteiger partial charge on any atom is 0.224 e. The summed E-state index contributed by atoms with van der Waals surface area (Å²) in [5.74, 6) is 0.314. The summed E-state index contributed by atoms with van der Waals surface area (Å²) in [7, 11) is 0. The number of aryl methyl sites for hydroxylation is 1. The largest absolute Gasteiger partial charge is 0.349 e. The van der Waals surface area contributed by atoms with Crippen LogP contribution in [0.4, 0.5) is 0 Å². The van der Waals surface area contributed by atoms with Crippen LogP contribution in [0.2, 0.25) is 0 Å². The highest BCUT2D eigenvalue weighted by Crippen LogP contribution is 2.16. The fourth-order valence-electron chi connectivity index (χ4n) is 2.34. The van der Waals surface area contributed by atoms with Crippen LogP contribution >= 0.6 is 0 Å². The summed E-state index contributed by atoms with van der Waals surface area (Å²) in [6.07, 6.45) is 2.00. The van der Waals surface area contributed by atoms with Crippen LogP contribution in [0.1, 0.15) is 37.4 Å². The Morgan fingerprint density at radius 1 is 1.44 bits per heavy atom. The van der Waals surface area contributed by atoms with Crippen molar-refractivity contribution in [1.29, 1.82) is 0 Å². The van der Waals surface area contributed by atoms with Gasteiger partial charge in [0.05, 0.1) is 12.0 Å². The van der Waals surface area contributed by atoms with E-state index in [-0.39, 0.29) is 17.9 Å². The van der Waals surface area contributed by atoms with Crippen LogP contribution < -0.4 is 10.6 Å². The van der Waals surface area contributed by atoms with Gasteiger partial charge in [-0.2, -0.15) is 0 Å². The molecule has 1 aromatic rings. The molecule has 1 heterocycles. The number of hydrogen-bond acceptors (Lipinski definition) is 2. The molecule has 2 unspecified atom stereocenters. The maximum absolute atomic E-state index is 12.0. The Kier molecular flexibility index (Phi) is 4.37. The second kappa shape index (κ2) is 6.01. The van der Waals surface area contributed by atoms with Crippen LogP contribution in [0.5, 0.6) is 0 Å². The lowest BCUT2D eigenvalue weighted by atomic mass is 10.0. The van der Waals surface area contributed by atoms with Gasteiger partial charge in [-0.05, 0) is 37.4 Å². The Bertz CT molecular complexity index is 393. The Hall–Kier alpha value is -1.35. The van der Waals surface area contributed by atoms with Crippen molar-refractivity contribution in [3.8, 4) is 0 Å². The lowest BCUT2D eigenvalue weighted by Gasteiger charge is -2.17. The van der Waals surface area contributed by atoms with E-state index in [2.05, 4.69) is 41.8 Å². The Balaban J connectivity index is 1.93. The standard InChI is InChI=1S/C15H22N2O/c1-3-12-4-6-13(7-5-12)11(2)17-15(18)14-8-9-16-10-14/h4-7,11,14,16H,3,8-10H2,1-2H3,(H,17,18). The van der Waals surface area contributed by atoms with E-state index in [4.69, 9.17) is 0 Å². The minimum absolute atomic E-state index is 0.0870. The number of hydrogen-bond donors (Lipinski definition) is 2. The van der Waals surface area contributed by atoms with E-state index in [1.54, 1.807) is 0 Å². The molecule has 0 spiro atoms. The Morgan fingerprint density at radius 2 is 2.17 bits per heavy atom. The molecule has 0 saturated carbocycles. The molecule has 1 aromatic carbocycles. The topological polar surface area (TPSA) is 41.1 Å². The molecule has 0 aliphatic carbocycles. The van der Waals surface area contributed by atoms with Crippen molar-refractivity contribution in [1.82, 2.24) is 10.6 Å². The van der Waals surface area contributed by atoms with Gasteiger partial charge in [0.1, 0.15) is 0 Å². The Labute approximate surface area is 109 Å². The van der Waals surface area contributed by atoms with E-state index in [9.17, 15) is 4.79 Å². The zero-order valence-electron chi connectivity index (χ0n) is 11.2. The lowest BCUT2D eigenvalue weighted by molar-refractivity contribution is -0.125. The van der Waals surface area contributed by atoms with Crippen molar-refractivity contribution < 1.29 is 4.79 Å². The van der Waals surface area contributed by atoms with Crippen LogP contribution in [0, 0.1) is 5.92 Å². The van der Waals surface area contributed by atoms with Gasteiger partial charge in [0, 0.05) is 6.54 Å². The quantitative estimate of drug-likeness (QED) is 0.853. The van der Waals surface area contributed by atoms with Gasteiger partial charge in [-0.25, -0.2) is 0 Å². The van der Waals surface area contributed by atoms with Gasteiger partial charge >= 0.3 is 0 Å². The number of nitrogens with one attached hydrogen (secondary N) is 2. The van der Waals surface area contributed by atoms with E-state index in [1.165, 1.54) is 11.1 Å². The summed E-state index contributed by atoms with van der Waals surface area (Å²) in [6, 6.07) is 8.57. The number of carbonyl (C=O) groups excluding carboxylic acids is 1. The highest BCUT2D eigenvalue weighted by molar-refractivity contribution is 5.79. The SMILES string of the molecule is CCc1ccc(C(C)NC(=O)C2CCNC2)cc1. The molecular formula is C15H22N2O. The van der Waals surface area contributed by atoms with Crippen LogP contribution in [0.15, 0.2) is 24.3 Å². The lowest BCUT2D eigenvalue weighted by Crippen LogP contribution is -2.33. The number of benzene rings is 1. The molecule has 1 fully saturated rings. The molecule has 3 nitrogen and oxygen atoms in total. The van der Waals surface area contributed by atoms with Gasteiger partial charge in [0.2, 0.25) is 5.91 Å². The average Bonchev–Trinajstić information content (AvgIpc) is 2.92. The first-order valence-corrected chi connectivity index (χ1v) is 6.80. The molecule has 18 heavy (non-hydrogen) atoms. The van der Waals surface area contributed by atoms with Crippen molar-refractivity contribution in [3.05, 3.63) is 35.4 Å². The van der Waals surface area contributed by atoms with Crippen molar-refractivity contribution in [2.24, 2.45) is 5.92 Å². The predicted molar refractivity (Wildman–Crippen MR) is 73.4 cm³/mol. The number of carbonyl (C=O) groups is 1. The van der Waals surface area contributed by atoms with Gasteiger partial charge in [-0.1, -0.05) is 31.2 Å². The van der Waals surface area contributed by atoms with Gasteiger partial charge in [0.15, 0.2) is 0 Å². The average molecular weight is 246 g/mol. The molecule has 1 amide bonds. The molecule has 98 valence electrons. The zero-order valence-corrected chi connectivity index (χ0v) is 11.2. The van der Waals surface area contributed by atoms with Crippen molar-refractivity contribution in [2.75, 3.05) is 13.1 Å². The minimum Gasteiger partial charge on any atom is -0.349 e. The van der Waals surface area contributed by atoms with E-state index >= 15 is 0 Å². The second-order valence-electron chi connectivity index (χ2n) is 5.02. The van der Waals surface area contributed by atoms with Crippen molar-refractivity contribution in [3.63, 3.8) is 0 Å². The normalized spacial score (nSPS) is 20.7. The van der Waals surface area contributed by atoms with Crippen molar-refractivity contribution >= 4 is 5.91 Å². The molecule has 0 radical (unpaired) electrons. The van der Waals surface area contributed by atoms with Gasteiger partial charge in [-0.15, -0.1) is 0 Å². The van der Waals surface area contributed by atoms with E-state index in [0.29, 0.717) is 0 Å². The summed E-state index contributed by atoms with van der Waals surface area (Å²) in [6.45, 7) is 5.96. The zero-order chi connectivity index (χ0) is 13.0. The maximum atomic E-state index is 12.0. The molecule has 1 saturated heterocycles. The number of rotatable bonds is 4. The monoisotopic (exact) mass is 246 g/mol. The molecule has 1 aliphatic rings. The molecular weight excluding hydrogens is 224 g/mol. The highest BCUT2D eigenvalue weighted by atomic mass is 16.2. The fourth-order valence-corrected chi connectivity index (χ4v) is 2.34. The molecule has 3 heteroatoms. The van der Waals surface area contributed by atoms with E-state index in [0.717, 1.165) is 25.9 Å². The first-order valence-electron chi connectivity index (χ1n) is 6.80. The van der Waals surface area contributed by atoms with Gasteiger partial charge in [-0.3, -0.25) is 4.79 Å². The fraction of sp³-hybridized carbons (Fsp3) is 0.533. The Morgan fingerprint density at radius 3 is 2.72 bits per heavy atom. The highest BCUT2D eigenvalue weighted by Gasteiger charge is 2.23. The molecule has 2 atom stereocenters. The third kappa shape index (κ3) is 3.10. The van der Waals surface area contributed by atoms with Crippen LogP contribution in [0.25, 0.3) is 0 Å². The molecule has 2 N–H and O–H groups in total. The molecule has 2 rings (SSSR count). The van der Waals surface area contributed by atoms with E-state index < -0.39 is 0 Å². The molecule has 1 aliphatic heterocycles. The summed E-state index contributed by atoms with van der Waals surface area (Å²) in [5, 5.41) is 6.32. The van der Waals surface area contributed by atoms with E-state index in [1.807, 2.05) is 6.92 Å². The molecule has 0 bridgehead atoms. The third-order valence-corrected chi connectivity index (χ3v) is 3.68. The first-order chi connectivity index (χ1) is 8.70. The third-order valence-electron chi connectivity index (χ3n) is 3.68. The van der Waals surface area contributed by atoms with Gasteiger partial charge in [0.25, 0.3) is 0 Å². The van der Waals surface area contributed by atoms with Crippen LogP contribution in [-0.2, 0) is 11.2 Å². The summed E-state index contributed by atoms with van der Waals surface area (Å²) in [5.41, 5.74) is 2.50. The van der Waals surface area contributed by atoms with Crippen molar-refractivity contribution in [2.45, 2.75) is 32.7 Å². The summed E-state index contributed by atoms with van der Waals surface area (Å²) < 4.78 is 0. The van der Waals surface area contributed by atoms with Crippen LogP contribution in [-0.4, -0.2) is 19.0 Å². The number of amides is 1. The first kappa shape index (κ1) is 13.1.